The van der Waals surface area contributed by atoms with Crippen molar-refractivity contribution < 1.29 is 40.5 Å². The number of benzene rings is 8. The zero-order chi connectivity index (χ0) is 49.9. The van der Waals surface area contributed by atoms with Crippen molar-refractivity contribution in [2.45, 2.75) is 37.5 Å². The average molecular weight is 978 g/mol. The highest BCUT2D eigenvalue weighted by Gasteiger charge is 2.21. The first-order valence-corrected chi connectivity index (χ1v) is 24.0. The van der Waals surface area contributed by atoms with Crippen LogP contribution in [0.15, 0.2) is 178 Å². The average Bonchev–Trinajstić information content (AvgIpc) is 3.32. The fraction of sp³-hybridized carbons (Fsp3) is 0.120. The van der Waals surface area contributed by atoms with E-state index in [0.717, 1.165) is 57.4 Å². The molecule has 0 atom stereocenters. The van der Waals surface area contributed by atoms with Crippen LogP contribution in [-0.4, -0.2) is 45.3 Å². The normalized spacial score (nSPS) is 12.3. The summed E-state index contributed by atoms with van der Waals surface area (Å²) in [6, 6.07) is 35.1. The highest BCUT2D eigenvalue weighted by Crippen LogP contribution is 2.41. The Labute approximate surface area is 402 Å². The number of fused-ring (bicyclic) bond motifs is 2. The number of rotatable bonds is 14. The van der Waals surface area contributed by atoms with E-state index in [4.69, 9.17) is 9.47 Å². The molecule has 0 saturated carbocycles. The number of aryl methyl sites for hydroxylation is 4. The van der Waals surface area contributed by atoms with Gasteiger partial charge >= 0.3 is 0 Å². The summed E-state index contributed by atoms with van der Waals surface area (Å²) in [7, 11) is -6.48. The smallest absolute Gasteiger partial charge is 0.296 e. The molecule has 0 aromatic heterocycles. The molecule has 0 spiro atoms. The molecule has 0 heterocycles. The summed E-state index contributed by atoms with van der Waals surface area (Å²) < 4.78 is 79.2. The van der Waals surface area contributed by atoms with Crippen molar-refractivity contribution in [3.8, 4) is 17.2 Å². The van der Waals surface area contributed by atoms with Gasteiger partial charge in [-0.2, -0.15) is 42.4 Å². The minimum Gasteiger partial charge on any atom is -0.505 e. The number of nitrogens with one attached hydrogen (secondary N) is 1. The van der Waals surface area contributed by atoms with E-state index in [-0.39, 0.29) is 33.6 Å². The van der Waals surface area contributed by atoms with Gasteiger partial charge in [-0.3, -0.25) is 9.11 Å². The minimum absolute atomic E-state index is 0.0227. The molecule has 70 heavy (non-hydrogen) atoms. The van der Waals surface area contributed by atoms with Gasteiger partial charge in [-0.25, -0.2) is 0 Å². The Bertz CT molecular complexity index is 3730. The second kappa shape index (κ2) is 19.7. The molecule has 18 nitrogen and oxygen atoms in total. The molecular formula is C50H43N9O9S2. The van der Waals surface area contributed by atoms with Crippen molar-refractivity contribution in [1.82, 2.24) is 0 Å². The van der Waals surface area contributed by atoms with Gasteiger partial charge in [0.25, 0.3) is 20.2 Å². The Morgan fingerprint density at radius 3 is 1.63 bits per heavy atom. The largest absolute Gasteiger partial charge is 0.505 e. The van der Waals surface area contributed by atoms with Crippen LogP contribution in [0.5, 0.6) is 17.2 Å². The Balaban J connectivity index is 0.952. The summed E-state index contributed by atoms with van der Waals surface area (Å²) >= 11 is 0. The van der Waals surface area contributed by atoms with Gasteiger partial charge < -0.3 is 19.9 Å². The first-order valence-electron chi connectivity index (χ1n) is 21.1. The quantitative estimate of drug-likeness (QED) is 0.0591. The Hall–Kier alpha value is -8.30. The molecule has 20 heteroatoms. The second-order valence-corrected chi connectivity index (χ2v) is 18.8. The van der Waals surface area contributed by atoms with Gasteiger partial charge in [-0.15, -0.1) is 15.3 Å². The number of aromatic hydroxyl groups is 1. The highest BCUT2D eigenvalue weighted by atomic mass is 32.2. The third-order valence-corrected chi connectivity index (χ3v) is 12.9. The van der Waals surface area contributed by atoms with Gasteiger partial charge in [-0.05, 0) is 164 Å². The number of phenolic OH excluding ortho intramolecular Hbond substituents is 1. The van der Waals surface area contributed by atoms with E-state index in [1.165, 1.54) is 25.3 Å². The standard InChI is InChI=1S/C50H43N9O9S2/c1-28-20-36(52-55-42-21-30(3)43(22-29(42)2)56-54-41-18-10-33-24-35(13-17-38(33)50(41)60)51-34-11-15-37(67-5)16-12-34)14-19-40(28)53-58-45-23-31(4)44(27-47(45)68-6)57-59-46-26-39-32(25-49(46)70(64,65)66)8-7-9-48(39)69(61,62)63/h7-27,51,60H,1-6H3,(H,61,62,63)(H,64,65,66). The van der Waals surface area contributed by atoms with Crippen LogP contribution in [0, 0.1) is 27.7 Å². The molecular weight excluding hydrogens is 935 g/mol. The van der Waals surface area contributed by atoms with Gasteiger partial charge in [0.1, 0.15) is 38.4 Å². The molecule has 0 aliphatic rings. The maximum Gasteiger partial charge on any atom is 0.296 e. The summed E-state index contributed by atoms with van der Waals surface area (Å²) in [4.78, 5) is -1.10. The molecule has 8 aromatic carbocycles. The van der Waals surface area contributed by atoms with Gasteiger partial charge in [-0.1, -0.05) is 18.2 Å². The minimum atomic E-state index is -4.83. The van der Waals surface area contributed by atoms with E-state index >= 15 is 0 Å². The summed E-state index contributed by atoms with van der Waals surface area (Å²) in [6.45, 7) is 7.35. The predicted octanol–water partition coefficient (Wildman–Crippen LogP) is 14.8. The third-order valence-electron chi connectivity index (χ3n) is 11.1. The fourth-order valence-electron chi connectivity index (χ4n) is 7.34. The number of methoxy groups -OCH3 is 2. The van der Waals surface area contributed by atoms with Gasteiger partial charge in [0, 0.05) is 28.2 Å². The molecule has 0 bridgehead atoms. The number of hydrogen-bond acceptors (Lipinski definition) is 16. The van der Waals surface area contributed by atoms with Gasteiger partial charge in [0.05, 0.1) is 42.7 Å². The number of azo groups is 4. The van der Waals surface area contributed by atoms with Crippen LogP contribution in [0.1, 0.15) is 22.3 Å². The lowest BCUT2D eigenvalue weighted by Crippen LogP contribution is -2.01. The first kappa shape index (κ1) is 48.2. The Morgan fingerprint density at radius 1 is 0.443 bits per heavy atom. The van der Waals surface area contributed by atoms with Crippen LogP contribution in [0.4, 0.5) is 56.9 Å². The predicted molar refractivity (Wildman–Crippen MR) is 267 cm³/mol. The molecule has 0 amide bonds. The number of ether oxygens (including phenoxy) is 2. The molecule has 8 rings (SSSR count). The van der Waals surface area contributed by atoms with E-state index in [1.54, 1.807) is 38.3 Å². The molecule has 0 unspecified atom stereocenters. The third kappa shape index (κ3) is 10.7. The van der Waals surface area contributed by atoms with E-state index in [1.807, 2.05) is 87.5 Å². The van der Waals surface area contributed by atoms with Crippen molar-refractivity contribution in [1.29, 1.82) is 0 Å². The van der Waals surface area contributed by atoms with Crippen LogP contribution in [-0.2, 0) is 20.2 Å². The van der Waals surface area contributed by atoms with Crippen LogP contribution in [0.3, 0.4) is 0 Å². The van der Waals surface area contributed by atoms with Crippen LogP contribution in [0.25, 0.3) is 21.5 Å². The summed E-state index contributed by atoms with van der Waals surface area (Å²) in [5.41, 5.74) is 7.60. The molecule has 0 radical (unpaired) electrons. The van der Waals surface area contributed by atoms with Crippen LogP contribution >= 0.6 is 0 Å². The van der Waals surface area contributed by atoms with E-state index in [9.17, 15) is 31.0 Å². The van der Waals surface area contributed by atoms with E-state index < -0.39 is 30.0 Å². The van der Waals surface area contributed by atoms with E-state index in [2.05, 4.69) is 46.2 Å². The SMILES string of the molecule is COc1ccc(Nc2ccc3c(O)c(N=Nc4cc(C)c(N=Nc5ccc(N=Nc6cc(C)c(N=Nc7cc8c(S(=O)(=O)O)cccc8cc7S(=O)(=O)O)cc6OC)c(C)c5)cc4C)ccc3c2)cc1. The molecule has 0 fully saturated rings. The molecule has 354 valence electrons. The van der Waals surface area contributed by atoms with Gasteiger partial charge in [0.15, 0.2) is 5.75 Å². The highest BCUT2D eigenvalue weighted by molar-refractivity contribution is 7.86. The maximum absolute atomic E-state index is 12.3. The molecule has 0 aliphatic heterocycles. The monoisotopic (exact) mass is 977 g/mol. The summed E-state index contributed by atoms with van der Waals surface area (Å²) in [5, 5.41) is 50.9. The van der Waals surface area contributed by atoms with E-state index in [0.29, 0.717) is 45.1 Å². The Kier molecular flexibility index (Phi) is 13.6. The van der Waals surface area contributed by atoms with Crippen molar-refractivity contribution in [2.75, 3.05) is 19.5 Å². The Morgan fingerprint density at radius 2 is 0.986 bits per heavy atom. The second-order valence-electron chi connectivity index (χ2n) is 16.0. The maximum atomic E-state index is 12.3. The molecule has 4 N–H and O–H groups in total. The molecule has 0 aliphatic carbocycles. The fourth-order valence-corrected chi connectivity index (χ4v) is 8.68. The number of anilines is 2. The van der Waals surface area contributed by atoms with Gasteiger partial charge in [0.2, 0.25) is 0 Å². The van der Waals surface area contributed by atoms with Crippen molar-refractivity contribution in [2.24, 2.45) is 40.9 Å². The first-order chi connectivity index (χ1) is 33.4. The zero-order valence-electron chi connectivity index (χ0n) is 38.3. The van der Waals surface area contributed by atoms with Crippen molar-refractivity contribution in [3.05, 3.63) is 150 Å². The summed E-state index contributed by atoms with van der Waals surface area (Å²) in [5.74, 6) is 1.05. The molecule has 8 aromatic rings. The topological polar surface area (TPSA) is 258 Å². The lowest BCUT2D eigenvalue weighted by atomic mass is 10.1. The number of hydrogen-bond donors (Lipinski definition) is 4. The lowest BCUT2D eigenvalue weighted by molar-refractivity contribution is 0.415. The van der Waals surface area contributed by atoms with Crippen LogP contribution < -0.4 is 14.8 Å². The molecule has 0 saturated heterocycles. The zero-order valence-corrected chi connectivity index (χ0v) is 39.9. The van der Waals surface area contributed by atoms with Crippen LogP contribution in [0.2, 0.25) is 0 Å². The number of nitrogens with zero attached hydrogens (tertiary/aromatic N) is 8. The number of phenols is 1. The summed E-state index contributed by atoms with van der Waals surface area (Å²) in [6.07, 6.45) is 0. The van der Waals surface area contributed by atoms with Crippen molar-refractivity contribution in [3.63, 3.8) is 0 Å². The lowest BCUT2D eigenvalue weighted by Gasteiger charge is -2.10. The van der Waals surface area contributed by atoms with Crippen molar-refractivity contribution >= 4 is 98.7 Å².